The van der Waals surface area contributed by atoms with Crippen molar-refractivity contribution in [3.8, 4) is 0 Å². The minimum absolute atomic E-state index is 0.132. The van der Waals surface area contributed by atoms with E-state index in [1.54, 1.807) is 0 Å². The third kappa shape index (κ3) is 3.44. The van der Waals surface area contributed by atoms with Gasteiger partial charge in [0.25, 0.3) is 0 Å². The Balaban J connectivity index is 2.21. The number of nitrogens with two attached hydrogens (primary N) is 1. The number of nitrogens with zero attached hydrogens (tertiary/aromatic N) is 1. The number of nitrogens with one attached hydrogen (secondary N) is 1. The lowest BCUT2D eigenvalue weighted by molar-refractivity contribution is 0.0630. The van der Waals surface area contributed by atoms with Crippen molar-refractivity contribution < 1.29 is 4.39 Å². The van der Waals surface area contributed by atoms with Crippen LogP contribution in [-0.2, 0) is 6.42 Å². The van der Waals surface area contributed by atoms with E-state index >= 15 is 0 Å². The molecule has 0 aliphatic heterocycles. The van der Waals surface area contributed by atoms with Crippen LogP contribution in [0, 0.1) is 5.82 Å². The molecule has 118 valence electrons. The first-order chi connectivity index (χ1) is 10.2. The lowest BCUT2D eigenvalue weighted by Crippen LogP contribution is -2.62. The first kappa shape index (κ1) is 16.4. The summed E-state index contributed by atoms with van der Waals surface area (Å²) in [6.45, 7) is 6.51. The number of benzene rings is 1. The van der Waals surface area contributed by atoms with Crippen molar-refractivity contribution in [3.05, 3.63) is 35.6 Å². The first-order valence-electron chi connectivity index (χ1n) is 8.12. The summed E-state index contributed by atoms with van der Waals surface area (Å²) < 4.78 is 13.1. The largest absolute Gasteiger partial charge is 0.297 e. The van der Waals surface area contributed by atoms with E-state index in [9.17, 15) is 4.39 Å². The number of hydrazine groups is 1. The molecule has 1 unspecified atom stereocenters. The molecule has 0 saturated heterocycles. The van der Waals surface area contributed by atoms with Crippen molar-refractivity contribution in [2.75, 3.05) is 13.1 Å². The Morgan fingerprint density at radius 1 is 1.19 bits per heavy atom. The van der Waals surface area contributed by atoms with Gasteiger partial charge in [-0.2, -0.15) is 0 Å². The molecule has 21 heavy (non-hydrogen) atoms. The molecule has 3 N–H and O–H groups in total. The third-order valence-corrected chi connectivity index (χ3v) is 5.07. The summed E-state index contributed by atoms with van der Waals surface area (Å²) in [6, 6.07) is 6.99. The molecule has 1 atom stereocenters. The molecule has 0 bridgehead atoms. The van der Waals surface area contributed by atoms with Crippen molar-refractivity contribution in [1.29, 1.82) is 0 Å². The lowest BCUT2D eigenvalue weighted by atomic mass is 9.82. The maximum Gasteiger partial charge on any atom is 0.123 e. The Hall–Kier alpha value is -0.970. The van der Waals surface area contributed by atoms with E-state index in [0.29, 0.717) is 0 Å². The third-order valence-electron chi connectivity index (χ3n) is 5.07. The summed E-state index contributed by atoms with van der Waals surface area (Å²) in [5.41, 5.74) is 4.33. The number of likely N-dealkylation sites (N-methyl/N-ethyl adjacent to an activating group) is 1. The second kappa shape index (κ2) is 7.34. The standard InChI is InChI=1S/C17H28FN3/c1-3-21(4-2)17(11-5-6-12-17)16(20-19)13-14-7-9-15(18)10-8-14/h7-10,16,20H,3-6,11-13,19H2,1-2H3. The van der Waals surface area contributed by atoms with E-state index in [-0.39, 0.29) is 17.4 Å². The minimum Gasteiger partial charge on any atom is -0.297 e. The highest BCUT2D eigenvalue weighted by atomic mass is 19.1. The molecule has 0 aromatic heterocycles. The van der Waals surface area contributed by atoms with E-state index in [1.807, 2.05) is 12.1 Å². The number of halogens is 1. The fourth-order valence-electron chi connectivity index (χ4n) is 3.99. The summed E-state index contributed by atoms with van der Waals surface area (Å²) in [6.07, 6.45) is 5.74. The van der Waals surface area contributed by atoms with Crippen LogP contribution in [0.2, 0.25) is 0 Å². The van der Waals surface area contributed by atoms with Crippen LogP contribution in [0.5, 0.6) is 0 Å². The Bertz CT molecular complexity index is 422. The number of rotatable bonds is 7. The fourth-order valence-corrected chi connectivity index (χ4v) is 3.99. The van der Waals surface area contributed by atoms with Crippen LogP contribution in [-0.4, -0.2) is 29.6 Å². The van der Waals surface area contributed by atoms with Crippen molar-refractivity contribution in [2.24, 2.45) is 5.84 Å². The highest BCUT2D eigenvalue weighted by Gasteiger charge is 2.44. The Kier molecular flexibility index (Phi) is 5.73. The van der Waals surface area contributed by atoms with Gasteiger partial charge in [0.2, 0.25) is 0 Å². The molecule has 3 nitrogen and oxygen atoms in total. The summed E-state index contributed by atoms with van der Waals surface area (Å²) in [7, 11) is 0. The quantitative estimate of drug-likeness (QED) is 0.600. The summed E-state index contributed by atoms with van der Waals surface area (Å²) in [4.78, 5) is 2.55. The molecule has 1 aromatic carbocycles. The Labute approximate surface area is 127 Å². The molecular weight excluding hydrogens is 265 g/mol. The van der Waals surface area contributed by atoms with Gasteiger partial charge in [-0.15, -0.1) is 0 Å². The molecule has 0 heterocycles. The average molecular weight is 293 g/mol. The molecule has 0 spiro atoms. The van der Waals surface area contributed by atoms with Gasteiger partial charge in [0, 0.05) is 11.6 Å². The maximum absolute atomic E-state index is 13.1. The molecule has 0 radical (unpaired) electrons. The van der Waals surface area contributed by atoms with Crippen LogP contribution in [0.25, 0.3) is 0 Å². The highest BCUT2D eigenvalue weighted by Crippen LogP contribution is 2.39. The molecule has 1 aliphatic rings. The Morgan fingerprint density at radius 3 is 2.24 bits per heavy atom. The van der Waals surface area contributed by atoms with Gasteiger partial charge in [-0.05, 0) is 50.0 Å². The van der Waals surface area contributed by atoms with Gasteiger partial charge in [-0.1, -0.05) is 38.8 Å². The van der Waals surface area contributed by atoms with E-state index in [1.165, 1.54) is 37.8 Å². The van der Waals surface area contributed by atoms with Gasteiger partial charge >= 0.3 is 0 Å². The highest BCUT2D eigenvalue weighted by molar-refractivity contribution is 5.19. The molecule has 4 heteroatoms. The zero-order valence-electron chi connectivity index (χ0n) is 13.2. The molecule has 1 saturated carbocycles. The zero-order valence-corrected chi connectivity index (χ0v) is 13.2. The second-order valence-corrected chi connectivity index (χ2v) is 6.03. The molecule has 0 amide bonds. The van der Waals surface area contributed by atoms with Crippen LogP contribution in [0.15, 0.2) is 24.3 Å². The topological polar surface area (TPSA) is 41.3 Å². The van der Waals surface area contributed by atoms with Crippen molar-refractivity contribution in [3.63, 3.8) is 0 Å². The van der Waals surface area contributed by atoms with Crippen LogP contribution in [0.1, 0.15) is 45.1 Å². The zero-order chi connectivity index (χ0) is 15.3. The summed E-state index contributed by atoms with van der Waals surface area (Å²) in [5.74, 6) is 5.73. The van der Waals surface area contributed by atoms with Crippen molar-refractivity contribution >= 4 is 0 Å². The SMILES string of the molecule is CCN(CC)C1(C(Cc2ccc(F)cc2)NN)CCCC1. The predicted octanol–water partition coefficient (Wildman–Crippen LogP) is 2.85. The normalized spacial score (nSPS) is 19.1. The lowest BCUT2D eigenvalue weighted by Gasteiger charge is -2.46. The minimum atomic E-state index is -0.185. The maximum atomic E-state index is 13.1. The molecule has 2 rings (SSSR count). The molecule has 1 aromatic rings. The van der Waals surface area contributed by atoms with Gasteiger partial charge in [-0.3, -0.25) is 16.2 Å². The van der Waals surface area contributed by atoms with Gasteiger partial charge in [0.15, 0.2) is 0 Å². The van der Waals surface area contributed by atoms with E-state index in [4.69, 9.17) is 5.84 Å². The molecule has 1 fully saturated rings. The summed E-state index contributed by atoms with van der Waals surface area (Å²) >= 11 is 0. The second-order valence-electron chi connectivity index (χ2n) is 6.03. The number of hydrogen-bond donors (Lipinski definition) is 2. The van der Waals surface area contributed by atoms with Gasteiger partial charge in [-0.25, -0.2) is 4.39 Å². The van der Waals surface area contributed by atoms with Crippen LogP contribution >= 0.6 is 0 Å². The van der Waals surface area contributed by atoms with Gasteiger partial charge in [0.05, 0.1) is 0 Å². The van der Waals surface area contributed by atoms with Crippen LogP contribution in [0.4, 0.5) is 4.39 Å². The first-order valence-corrected chi connectivity index (χ1v) is 8.12. The number of hydrogen-bond acceptors (Lipinski definition) is 3. The Morgan fingerprint density at radius 2 is 1.76 bits per heavy atom. The van der Waals surface area contributed by atoms with E-state index in [2.05, 4.69) is 24.2 Å². The van der Waals surface area contributed by atoms with Crippen molar-refractivity contribution in [1.82, 2.24) is 10.3 Å². The smallest absolute Gasteiger partial charge is 0.123 e. The van der Waals surface area contributed by atoms with Gasteiger partial charge in [0.1, 0.15) is 5.82 Å². The predicted molar refractivity (Wildman–Crippen MR) is 85.3 cm³/mol. The average Bonchev–Trinajstić information content (AvgIpc) is 2.98. The fraction of sp³-hybridized carbons (Fsp3) is 0.647. The van der Waals surface area contributed by atoms with Crippen molar-refractivity contribution in [2.45, 2.75) is 57.5 Å². The molecular formula is C17H28FN3. The monoisotopic (exact) mass is 293 g/mol. The summed E-state index contributed by atoms with van der Waals surface area (Å²) in [5, 5.41) is 0. The molecule has 1 aliphatic carbocycles. The van der Waals surface area contributed by atoms with E-state index in [0.717, 1.165) is 25.1 Å². The van der Waals surface area contributed by atoms with Gasteiger partial charge < -0.3 is 0 Å². The van der Waals surface area contributed by atoms with Crippen LogP contribution < -0.4 is 11.3 Å². The van der Waals surface area contributed by atoms with Crippen LogP contribution in [0.3, 0.4) is 0 Å². The van der Waals surface area contributed by atoms with E-state index < -0.39 is 0 Å².